The van der Waals surface area contributed by atoms with Crippen molar-refractivity contribution in [2.75, 3.05) is 0 Å². The van der Waals surface area contributed by atoms with Crippen LogP contribution in [0.25, 0.3) is 0 Å². The summed E-state index contributed by atoms with van der Waals surface area (Å²) in [5.74, 6) is 0.421. The highest BCUT2D eigenvalue weighted by molar-refractivity contribution is 5.69. The molecule has 2 rings (SSSR count). The fourth-order valence-electron chi connectivity index (χ4n) is 2.35. The number of esters is 1. The van der Waals surface area contributed by atoms with Gasteiger partial charge in [-0.15, -0.1) is 0 Å². The van der Waals surface area contributed by atoms with Gasteiger partial charge in [-0.3, -0.25) is 4.79 Å². The molecule has 1 aromatic carbocycles. The summed E-state index contributed by atoms with van der Waals surface area (Å²) < 4.78 is 5.24. The average Bonchev–Trinajstić information content (AvgIpc) is 2.90. The summed E-state index contributed by atoms with van der Waals surface area (Å²) in [6.07, 6.45) is 5.36. The van der Waals surface area contributed by atoms with Gasteiger partial charge >= 0.3 is 5.97 Å². The zero-order valence-corrected chi connectivity index (χ0v) is 10.4. The van der Waals surface area contributed by atoms with Gasteiger partial charge in [0.25, 0.3) is 0 Å². The number of rotatable bonds is 4. The first-order chi connectivity index (χ1) is 8.78. The van der Waals surface area contributed by atoms with Crippen molar-refractivity contribution in [2.45, 2.75) is 38.7 Å². The second-order valence-electron chi connectivity index (χ2n) is 4.82. The molecule has 0 saturated heterocycles. The number of nitriles is 1. The number of nitrogens with zero attached hydrogens (tertiary/aromatic N) is 1. The van der Waals surface area contributed by atoms with Crippen LogP contribution in [-0.2, 0) is 16.1 Å². The van der Waals surface area contributed by atoms with Crippen molar-refractivity contribution in [3.8, 4) is 6.07 Å². The van der Waals surface area contributed by atoms with E-state index in [9.17, 15) is 4.79 Å². The molecule has 0 heterocycles. The van der Waals surface area contributed by atoms with Crippen molar-refractivity contribution in [1.29, 1.82) is 5.26 Å². The Hall–Kier alpha value is -1.82. The molecule has 94 valence electrons. The summed E-state index contributed by atoms with van der Waals surface area (Å²) >= 11 is 0. The van der Waals surface area contributed by atoms with E-state index in [0.29, 0.717) is 24.5 Å². The molecule has 1 aromatic rings. The molecule has 0 aliphatic heterocycles. The Labute approximate surface area is 107 Å². The van der Waals surface area contributed by atoms with Crippen molar-refractivity contribution < 1.29 is 9.53 Å². The van der Waals surface area contributed by atoms with Gasteiger partial charge in [0.05, 0.1) is 11.6 Å². The third kappa shape index (κ3) is 3.59. The molecule has 1 fully saturated rings. The Morgan fingerprint density at radius 1 is 1.28 bits per heavy atom. The van der Waals surface area contributed by atoms with Gasteiger partial charge in [-0.25, -0.2) is 0 Å². The lowest BCUT2D eigenvalue weighted by Gasteiger charge is -2.09. The molecule has 1 aliphatic carbocycles. The molecule has 0 aromatic heterocycles. The van der Waals surface area contributed by atoms with Gasteiger partial charge < -0.3 is 4.74 Å². The van der Waals surface area contributed by atoms with Crippen LogP contribution in [0.3, 0.4) is 0 Å². The number of hydrogen-bond donors (Lipinski definition) is 0. The second-order valence-corrected chi connectivity index (χ2v) is 4.82. The smallest absolute Gasteiger partial charge is 0.306 e. The van der Waals surface area contributed by atoms with Gasteiger partial charge in [-0.2, -0.15) is 5.26 Å². The minimum absolute atomic E-state index is 0.105. The minimum Gasteiger partial charge on any atom is -0.461 e. The highest BCUT2D eigenvalue weighted by Gasteiger charge is 2.19. The molecule has 0 radical (unpaired) electrons. The number of hydrogen-bond acceptors (Lipinski definition) is 3. The van der Waals surface area contributed by atoms with Crippen LogP contribution in [0.2, 0.25) is 0 Å². The van der Waals surface area contributed by atoms with Gasteiger partial charge in [0.15, 0.2) is 0 Å². The second kappa shape index (κ2) is 6.20. The quantitative estimate of drug-likeness (QED) is 0.763. The first-order valence-corrected chi connectivity index (χ1v) is 6.42. The molecule has 3 heteroatoms. The van der Waals surface area contributed by atoms with Gasteiger partial charge in [-0.05, 0) is 36.5 Å². The molecule has 3 nitrogen and oxygen atoms in total. The highest BCUT2D eigenvalue weighted by Crippen LogP contribution is 2.27. The van der Waals surface area contributed by atoms with Gasteiger partial charge in [-0.1, -0.05) is 25.0 Å². The zero-order chi connectivity index (χ0) is 12.8. The van der Waals surface area contributed by atoms with Crippen LogP contribution in [0.15, 0.2) is 24.3 Å². The number of carbonyl (C=O) groups excluding carboxylic acids is 1. The standard InChI is InChI=1S/C15H17NO2/c16-10-13-5-7-14(8-6-13)11-18-15(17)9-12-3-1-2-4-12/h5-8,12H,1-4,9,11H2. The topological polar surface area (TPSA) is 50.1 Å². The van der Waals surface area contributed by atoms with Crippen molar-refractivity contribution in [3.05, 3.63) is 35.4 Å². The fraction of sp³-hybridized carbons (Fsp3) is 0.467. The summed E-state index contributed by atoms with van der Waals surface area (Å²) in [5.41, 5.74) is 1.55. The van der Waals surface area contributed by atoms with Crippen LogP contribution in [-0.4, -0.2) is 5.97 Å². The minimum atomic E-state index is -0.105. The molecule has 0 atom stereocenters. The van der Waals surface area contributed by atoms with E-state index < -0.39 is 0 Å². The first-order valence-electron chi connectivity index (χ1n) is 6.42. The van der Waals surface area contributed by atoms with Crippen molar-refractivity contribution in [1.82, 2.24) is 0 Å². The van der Waals surface area contributed by atoms with Crippen molar-refractivity contribution in [2.24, 2.45) is 5.92 Å². The summed E-state index contributed by atoms with van der Waals surface area (Å²) in [4.78, 5) is 11.6. The lowest BCUT2D eigenvalue weighted by molar-refractivity contribution is -0.146. The Bertz CT molecular complexity index is 439. The lowest BCUT2D eigenvalue weighted by atomic mass is 10.0. The highest BCUT2D eigenvalue weighted by atomic mass is 16.5. The third-order valence-corrected chi connectivity index (χ3v) is 3.41. The van der Waals surface area contributed by atoms with Gasteiger partial charge in [0.2, 0.25) is 0 Å². The van der Waals surface area contributed by atoms with E-state index in [1.807, 2.05) is 12.1 Å². The van der Waals surface area contributed by atoms with E-state index in [1.54, 1.807) is 12.1 Å². The summed E-state index contributed by atoms with van der Waals surface area (Å²) in [6.45, 7) is 0.303. The molecule has 1 saturated carbocycles. The van der Waals surface area contributed by atoms with Crippen LogP contribution < -0.4 is 0 Å². The largest absolute Gasteiger partial charge is 0.461 e. The molecule has 0 amide bonds. The Balaban J connectivity index is 1.76. The molecule has 0 spiro atoms. The SMILES string of the molecule is N#Cc1ccc(COC(=O)CC2CCCC2)cc1. The van der Waals surface area contributed by atoms with E-state index >= 15 is 0 Å². The first kappa shape index (κ1) is 12.6. The summed E-state index contributed by atoms with van der Waals surface area (Å²) in [7, 11) is 0. The predicted octanol–water partition coefficient (Wildman–Crippen LogP) is 3.18. The third-order valence-electron chi connectivity index (χ3n) is 3.41. The van der Waals surface area contributed by atoms with Crippen molar-refractivity contribution in [3.63, 3.8) is 0 Å². The maximum absolute atomic E-state index is 11.6. The number of ether oxygens (including phenoxy) is 1. The van der Waals surface area contributed by atoms with E-state index in [-0.39, 0.29) is 5.97 Å². The van der Waals surface area contributed by atoms with Crippen LogP contribution >= 0.6 is 0 Å². The van der Waals surface area contributed by atoms with E-state index in [1.165, 1.54) is 12.8 Å². The van der Waals surface area contributed by atoms with E-state index in [2.05, 4.69) is 6.07 Å². The van der Waals surface area contributed by atoms with E-state index in [0.717, 1.165) is 18.4 Å². The molecule has 0 N–H and O–H groups in total. The summed E-state index contributed by atoms with van der Waals surface area (Å²) in [6, 6.07) is 9.17. The lowest BCUT2D eigenvalue weighted by Crippen LogP contribution is -2.09. The molecule has 18 heavy (non-hydrogen) atoms. The normalized spacial score (nSPS) is 15.3. The molecule has 0 bridgehead atoms. The Kier molecular flexibility index (Phi) is 4.35. The fourth-order valence-corrected chi connectivity index (χ4v) is 2.35. The van der Waals surface area contributed by atoms with Crippen LogP contribution in [0.5, 0.6) is 0 Å². The van der Waals surface area contributed by atoms with Crippen molar-refractivity contribution >= 4 is 5.97 Å². The predicted molar refractivity (Wildman–Crippen MR) is 67.5 cm³/mol. The Morgan fingerprint density at radius 2 is 1.94 bits per heavy atom. The maximum Gasteiger partial charge on any atom is 0.306 e. The van der Waals surface area contributed by atoms with E-state index in [4.69, 9.17) is 10.00 Å². The number of benzene rings is 1. The Morgan fingerprint density at radius 3 is 2.56 bits per heavy atom. The molecule has 0 unspecified atom stereocenters. The maximum atomic E-state index is 11.6. The van der Waals surface area contributed by atoms with Crippen LogP contribution in [0.1, 0.15) is 43.2 Å². The summed E-state index contributed by atoms with van der Waals surface area (Å²) in [5, 5.41) is 8.67. The monoisotopic (exact) mass is 243 g/mol. The van der Waals surface area contributed by atoms with Crippen LogP contribution in [0.4, 0.5) is 0 Å². The van der Waals surface area contributed by atoms with Crippen LogP contribution in [0, 0.1) is 17.2 Å². The van der Waals surface area contributed by atoms with Gasteiger partial charge in [0.1, 0.15) is 6.61 Å². The molecular formula is C15H17NO2. The zero-order valence-electron chi connectivity index (χ0n) is 10.4. The molecular weight excluding hydrogens is 226 g/mol. The van der Waals surface area contributed by atoms with Gasteiger partial charge in [0, 0.05) is 6.42 Å². The average molecular weight is 243 g/mol. The molecule has 1 aliphatic rings. The number of carbonyl (C=O) groups is 1.